The fourth-order valence-corrected chi connectivity index (χ4v) is 1.80. The van der Waals surface area contributed by atoms with Gasteiger partial charge in [0.25, 0.3) is 5.56 Å². The minimum Gasteiger partial charge on any atom is -0.362 e. The molecule has 1 atom stereocenters. The predicted octanol–water partition coefficient (Wildman–Crippen LogP) is 1.79. The Hall–Kier alpha value is -1.76. The van der Waals surface area contributed by atoms with E-state index in [-0.39, 0.29) is 11.6 Å². The van der Waals surface area contributed by atoms with Crippen LogP contribution in [0.15, 0.2) is 17.2 Å². The van der Waals surface area contributed by atoms with Crippen LogP contribution in [0.1, 0.15) is 38.6 Å². The van der Waals surface area contributed by atoms with Crippen molar-refractivity contribution in [3.63, 3.8) is 0 Å². The van der Waals surface area contributed by atoms with Crippen molar-refractivity contribution in [1.82, 2.24) is 9.55 Å². The second-order valence-electron chi connectivity index (χ2n) is 4.38. The van der Waals surface area contributed by atoms with E-state index >= 15 is 0 Å². The summed E-state index contributed by atoms with van der Waals surface area (Å²) in [4.78, 5) is 16.2. The van der Waals surface area contributed by atoms with Crippen molar-refractivity contribution in [2.45, 2.75) is 44.7 Å². The summed E-state index contributed by atoms with van der Waals surface area (Å²) in [5, 5.41) is 3.13. The maximum atomic E-state index is 12.1. The third-order valence-electron chi connectivity index (χ3n) is 3.01. The normalized spacial score (nSPS) is 16.2. The van der Waals surface area contributed by atoms with Crippen molar-refractivity contribution in [2.24, 2.45) is 0 Å². The highest BCUT2D eigenvalue weighted by atomic mass is 16.1. The van der Waals surface area contributed by atoms with Crippen LogP contribution >= 0.6 is 0 Å². The van der Waals surface area contributed by atoms with E-state index in [9.17, 15) is 4.79 Å². The van der Waals surface area contributed by atoms with Crippen LogP contribution in [0, 0.1) is 12.3 Å². The minimum atomic E-state index is -0.0366. The van der Waals surface area contributed by atoms with Gasteiger partial charge in [0, 0.05) is 30.9 Å². The Labute approximate surface area is 101 Å². The van der Waals surface area contributed by atoms with Crippen molar-refractivity contribution < 1.29 is 0 Å². The molecule has 0 aliphatic heterocycles. The molecule has 1 fully saturated rings. The van der Waals surface area contributed by atoms with Crippen LogP contribution in [0.5, 0.6) is 0 Å². The van der Waals surface area contributed by atoms with Gasteiger partial charge in [-0.1, -0.05) is 6.92 Å². The number of terminal acetylenes is 1. The first-order valence-electron chi connectivity index (χ1n) is 6.03. The van der Waals surface area contributed by atoms with E-state index in [1.165, 1.54) is 0 Å². The second-order valence-corrected chi connectivity index (χ2v) is 4.38. The lowest BCUT2D eigenvalue weighted by molar-refractivity contribution is 0.678. The molecular formula is C13H17N3O. The Balaban J connectivity index is 2.18. The standard InChI is InChI=1S/C13H17N3O/c1-3-5-10(4-2)15-12-13(17)16(9-8-14-12)11-6-7-11/h1,8-11H,4-7H2,2H3,(H,14,15). The Morgan fingerprint density at radius 3 is 3.06 bits per heavy atom. The van der Waals surface area contributed by atoms with Gasteiger partial charge in [0.2, 0.25) is 0 Å². The van der Waals surface area contributed by atoms with E-state index in [0.29, 0.717) is 18.3 Å². The molecule has 0 radical (unpaired) electrons. The summed E-state index contributed by atoms with van der Waals surface area (Å²) >= 11 is 0. The van der Waals surface area contributed by atoms with E-state index in [0.717, 1.165) is 19.3 Å². The van der Waals surface area contributed by atoms with Crippen LogP contribution in [0.4, 0.5) is 5.82 Å². The molecule has 1 aliphatic carbocycles. The predicted molar refractivity (Wildman–Crippen MR) is 67.9 cm³/mol. The van der Waals surface area contributed by atoms with Gasteiger partial charge in [-0.25, -0.2) is 4.98 Å². The fourth-order valence-electron chi connectivity index (χ4n) is 1.80. The quantitative estimate of drug-likeness (QED) is 0.786. The van der Waals surface area contributed by atoms with Gasteiger partial charge >= 0.3 is 0 Å². The van der Waals surface area contributed by atoms with Gasteiger partial charge in [0.1, 0.15) is 0 Å². The lowest BCUT2D eigenvalue weighted by atomic mass is 10.1. The zero-order valence-corrected chi connectivity index (χ0v) is 10.0. The molecule has 4 heteroatoms. The average Bonchev–Trinajstić information content (AvgIpc) is 3.15. The van der Waals surface area contributed by atoms with Crippen molar-refractivity contribution >= 4 is 5.82 Å². The SMILES string of the molecule is C#CCC(CC)Nc1nccn(C2CC2)c1=O. The van der Waals surface area contributed by atoms with Gasteiger partial charge in [-0.05, 0) is 19.3 Å². The summed E-state index contributed by atoms with van der Waals surface area (Å²) in [6.07, 6.45) is 12.4. The van der Waals surface area contributed by atoms with Crippen molar-refractivity contribution in [1.29, 1.82) is 0 Å². The number of anilines is 1. The molecule has 1 saturated carbocycles. The average molecular weight is 231 g/mol. The lowest BCUT2D eigenvalue weighted by Gasteiger charge is -2.15. The second kappa shape index (κ2) is 5.05. The summed E-state index contributed by atoms with van der Waals surface area (Å²) in [6, 6.07) is 0.494. The topological polar surface area (TPSA) is 46.9 Å². The number of hydrogen-bond donors (Lipinski definition) is 1. The first-order valence-corrected chi connectivity index (χ1v) is 6.03. The van der Waals surface area contributed by atoms with Crippen molar-refractivity contribution in [3.05, 3.63) is 22.7 Å². The number of aromatic nitrogens is 2. The highest BCUT2D eigenvalue weighted by Crippen LogP contribution is 2.33. The Morgan fingerprint density at radius 2 is 2.47 bits per heavy atom. The maximum absolute atomic E-state index is 12.1. The smallest absolute Gasteiger partial charge is 0.293 e. The van der Waals surface area contributed by atoms with Crippen LogP contribution in [0.3, 0.4) is 0 Å². The monoisotopic (exact) mass is 231 g/mol. The molecule has 1 aromatic rings. The minimum absolute atomic E-state index is 0.0366. The lowest BCUT2D eigenvalue weighted by Crippen LogP contribution is -2.28. The summed E-state index contributed by atoms with van der Waals surface area (Å²) in [6.45, 7) is 2.04. The molecule has 17 heavy (non-hydrogen) atoms. The molecule has 1 unspecified atom stereocenters. The Morgan fingerprint density at radius 1 is 1.71 bits per heavy atom. The van der Waals surface area contributed by atoms with E-state index < -0.39 is 0 Å². The molecular weight excluding hydrogens is 214 g/mol. The zero-order valence-electron chi connectivity index (χ0n) is 10.0. The molecule has 4 nitrogen and oxygen atoms in total. The molecule has 1 heterocycles. The fraction of sp³-hybridized carbons (Fsp3) is 0.538. The third kappa shape index (κ3) is 2.68. The van der Waals surface area contributed by atoms with Gasteiger partial charge in [0.15, 0.2) is 5.82 Å². The Kier molecular flexibility index (Phi) is 3.48. The Bertz CT molecular complexity index is 482. The van der Waals surface area contributed by atoms with Crippen LogP contribution in [0.25, 0.3) is 0 Å². The number of rotatable bonds is 5. The van der Waals surface area contributed by atoms with Crippen molar-refractivity contribution in [2.75, 3.05) is 5.32 Å². The van der Waals surface area contributed by atoms with Gasteiger partial charge in [-0.15, -0.1) is 12.3 Å². The van der Waals surface area contributed by atoms with Crippen LogP contribution < -0.4 is 10.9 Å². The van der Waals surface area contributed by atoms with E-state index in [1.54, 1.807) is 17.0 Å². The van der Waals surface area contributed by atoms with E-state index in [4.69, 9.17) is 6.42 Å². The van der Waals surface area contributed by atoms with Crippen molar-refractivity contribution in [3.8, 4) is 12.3 Å². The molecule has 2 rings (SSSR count). The van der Waals surface area contributed by atoms with Gasteiger partial charge in [-0.3, -0.25) is 4.79 Å². The number of nitrogens with zero attached hydrogens (tertiary/aromatic N) is 2. The molecule has 0 amide bonds. The summed E-state index contributed by atoms with van der Waals surface area (Å²) < 4.78 is 1.76. The van der Waals surface area contributed by atoms with E-state index in [1.807, 2.05) is 6.92 Å². The molecule has 1 aromatic heterocycles. The number of nitrogens with one attached hydrogen (secondary N) is 1. The highest BCUT2D eigenvalue weighted by molar-refractivity contribution is 5.33. The highest BCUT2D eigenvalue weighted by Gasteiger charge is 2.25. The van der Waals surface area contributed by atoms with E-state index in [2.05, 4.69) is 16.2 Å². The molecule has 90 valence electrons. The molecule has 0 spiro atoms. The molecule has 1 N–H and O–H groups in total. The van der Waals surface area contributed by atoms with Crippen LogP contribution in [0.2, 0.25) is 0 Å². The molecule has 1 aliphatic rings. The first-order chi connectivity index (χ1) is 8.26. The first kappa shape index (κ1) is 11.7. The summed E-state index contributed by atoms with van der Waals surface area (Å²) in [5.74, 6) is 3.03. The van der Waals surface area contributed by atoms with Crippen LogP contribution in [-0.4, -0.2) is 15.6 Å². The molecule has 0 aromatic carbocycles. The van der Waals surface area contributed by atoms with Gasteiger partial charge < -0.3 is 9.88 Å². The summed E-state index contributed by atoms with van der Waals surface area (Å²) in [5.41, 5.74) is -0.0366. The molecule has 0 saturated heterocycles. The molecule has 0 bridgehead atoms. The third-order valence-corrected chi connectivity index (χ3v) is 3.01. The van der Waals surface area contributed by atoms with Gasteiger partial charge in [0.05, 0.1) is 0 Å². The number of hydrogen-bond acceptors (Lipinski definition) is 3. The zero-order chi connectivity index (χ0) is 12.3. The van der Waals surface area contributed by atoms with Crippen LogP contribution in [-0.2, 0) is 0 Å². The van der Waals surface area contributed by atoms with Gasteiger partial charge in [-0.2, -0.15) is 0 Å². The summed E-state index contributed by atoms with van der Waals surface area (Å²) in [7, 11) is 0. The maximum Gasteiger partial charge on any atom is 0.293 e. The largest absolute Gasteiger partial charge is 0.362 e.